The third kappa shape index (κ3) is 7.00. The SMILES string of the molecule is CC(C)C(=O)Nc1ccc(Cl)c(C(=O)NCCCCCC(=O)O)c1. The number of aliphatic carboxylic acids is 1. The first-order chi connectivity index (χ1) is 11.3. The molecule has 3 N–H and O–H groups in total. The van der Waals surface area contributed by atoms with Gasteiger partial charge in [0.05, 0.1) is 10.6 Å². The van der Waals surface area contributed by atoms with E-state index >= 15 is 0 Å². The number of hydrogen-bond acceptors (Lipinski definition) is 3. The maximum absolute atomic E-state index is 12.2. The predicted octanol–water partition coefficient (Wildman–Crippen LogP) is 3.31. The Morgan fingerprint density at radius 3 is 2.50 bits per heavy atom. The molecular formula is C17H23ClN2O4. The lowest BCUT2D eigenvalue weighted by Gasteiger charge is -2.11. The molecule has 0 atom stereocenters. The number of hydrogen-bond donors (Lipinski definition) is 3. The van der Waals surface area contributed by atoms with Crippen LogP contribution >= 0.6 is 11.6 Å². The minimum Gasteiger partial charge on any atom is -0.481 e. The van der Waals surface area contributed by atoms with Gasteiger partial charge in [-0.2, -0.15) is 0 Å². The predicted molar refractivity (Wildman–Crippen MR) is 93.4 cm³/mol. The number of amides is 2. The van der Waals surface area contributed by atoms with Crippen LogP contribution < -0.4 is 10.6 Å². The Kier molecular flexibility index (Phi) is 8.26. The normalized spacial score (nSPS) is 10.5. The van der Waals surface area contributed by atoms with Crippen molar-refractivity contribution in [2.45, 2.75) is 39.5 Å². The van der Waals surface area contributed by atoms with Gasteiger partial charge in [0.2, 0.25) is 5.91 Å². The molecule has 24 heavy (non-hydrogen) atoms. The van der Waals surface area contributed by atoms with E-state index in [-0.39, 0.29) is 24.2 Å². The number of carbonyl (C=O) groups is 3. The molecule has 1 rings (SSSR count). The van der Waals surface area contributed by atoms with Crippen molar-refractivity contribution in [1.82, 2.24) is 5.32 Å². The molecule has 6 nitrogen and oxygen atoms in total. The van der Waals surface area contributed by atoms with Gasteiger partial charge in [0.1, 0.15) is 0 Å². The highest BCUT2D eigenvalue weighted by Crippen LogP contribution is 2.21. The van der Waals surface area contributed by atoms with Gasteiger partial charge in [-0.3, -0.25) is 14.4 Å². The summed E-state index contributed by atoms with van der Waals surface area (Å²) in [6.07, 6.45) is 2.14. The van der Waals surface area contributed by atoms with Gasteiger partial charge in [0, 0.05) is 24.6 Å². The largest absolute Gasteiger partial charge is 0.481 e. The van der Waals surface area contributed by atoms with Crippen LogP contribution in [-0.2, 0) is 9.59 Å². The molecule has 0 spiro atoms. The Morgan fingerprint density at radius 1 is 1.17 bits per heavy atom. The molecule has 0 fully saturated rings. The molecule has 0 aliphatic rings. The summed E-state index contributed by atoms with van der Waals surface area (Å²) < 4.78 is 0. The summed E-state index contributed by atoms with van der Waals surface area (Å²) in [7, 11) is 0. The van der Waals surface area contributed by atoms with Gasteiger partial charge in [-0.1, -0.05) is 31.9 Å². The van der Waals surface area contributed by atoms with Crippen molar-refractivity contribution in [2.75, 3.05) is 11.9 Å². The third-order valence-electron chi connectivity index (χ3n) is 3.36. The number of rotatable bonds is 9. The first kappa shape index (κ1) is 20.0. The molecule has 1 aromatic carbocycles. The lowest BCUT2D eigenvalue weighted by molar-refractivity contribution is -0.137. The number of carboxylic acids is 1. The second-order valence-electron chi connectivity index (χ2n) is 5.80. The highest BCUT2D eigenvalue weighted by molar-refractivity contribution is 6.34. The first-order valence-electron chi connectivity index (χ1n) is 7.91. The smallest absolute Gasteiger partial charge is 0.303 e. The molecule has 0 aromatic heterocycles. The molecule has 0 saturated carbocycles. The number of benzene rings is 1. The van der Waals surface area contributed by atoms with Crippen molar-refractivity contribution >= 4 is 35.1 Å². The maximum atomic E-state index is 12.2. The Balaban J connectivity index is 2.54. The van der Waals surface area contributed by atoms with Gasteiger partial charge in [-0.25, -0.2) is 0 Å². The van der Waals surface area contributed by atoms with Crippen LogP contribution in [0.15, 0.2) is 18.2 Å². The highest BCUT2D eigenvalue weighted by atomic mass is 35.5. The standard InChI is InChI=1S/C17H23ClN2O4/c1-11(2)16(23)20-12-7-8-14(18)13(10-12)17(24)19-9-5-3-4-6-15(21)22/h7-8,10-11H,3-6,9H2,1-2H3,(H,19,24)(H,20,23)(H,21,22). The van der Waals surface area contributed by atoms with Crippen LogP contribution in [-0.4, -0.2) is 29.4 Å². The van der Waals surface area contributed by atoms with Crippen molar-refractivity contribution in [3.63, 3.8) is 0 Å². The van der Waals surface area contributed by atoms with Crippen LogP contribution in [0.1, 0.15) is 49.9 Å². The van der Waals surface area contributed by atoms with Crippen LogP contribution in [0.5, 0.6) is 0 Å². The molecule has 0 aliphatic carbocycles. The van der Waals surface area contributed by atoms with Crippen molar-refractivity contribution in [1.29, 1.82) is 0 Å². The van der Waals surface area contributed by atoms with E-state index in [1.54, 1.807) is 32.0 Å². The van der Waals surface area contributed by atoms with Crippen molar-refractivity contribution in [3.05, 3.63) is 28.8 Å². The van der Waals surface area contributed by atoms with Crippen molar-refractivity contribution in [3.8, 4) is 0 Å². The lowest BCUT2D eigenvalue weighted by Crippen LogP contribution is -2.25. The number of halogens is 1. The molecule has 132 valence electrons. The Hall–Kier alpha value is -2.08. The number of nitrogens with one attached hydrogen (secondary N) is 2. The quantitative estimate of drug-likeness (QED) is 0.593. The molecule has 0 radical (unpaired) electrons. The highest BCUT2D eigenvalue weighted by Gasteiger charge is 2.13. The summed E-state index contributed by atoms with van der Waals surface area (Å²) in [5, 5.41) is 14.3. The second-order valence-corrected chi connectivity index (χ2v) is 6.21. The molecule has 7 heteroatoms. The van der Waals surface area contributed by atoms with Crippen LogP contribution in [0.4, 0.5) is 5.69 Å². The lowest BCUT2D eigenvalue weighted by atomic mass is 10.1. The molecule has 0 saturated heterocycles. The molecule has 1 aromatic rings. The summed E-state index contributed by atoms with van der Waals surface area (Å²) in [6.45, 7) is 4.00. The fourth-order valence-electron chi connectivity index (χ4n) is 1.94. The minimum atomic E-state index is -0.814. The monoisotopic (exact) mass is 354 g/mol. The van der Waals surface area contributed by atoms with Gasteiger partial charge < -0.3 is 15.7 Å². The van der Waals surface area contributed by atoms with Crippen LogP contribution in [0, 0.1) is 5.92 Å². The zero-order valence-electron chi connectivity index (χ0n) is 13.9. The molecule has 0 aliphatic heterocycles. The molecule has 0 heterocycles. The zero-order chi connectivity index (χ0) is 18.1. The van der Waals surface area contributed by atoms with Gasteiger partial charge in [0.15, 0.2) is 0 Å². The average Bonchev–Trinajstić information content (AvgIpc) is 2.51. The third-order valence-corrected chi connectivity index (χ3v) is 3.69. The number of carbonyl (C=O) groups excluding carboxylic acids is 2. The zero-order valence-corrected chi connectivity index (χ0v) is 14.7. The van der Waals surface area contributed by atoms with E-state index in [0.29, 0.717) is 35.7 Å². The van der Waals surface area contributed by atoms with E-state index in [1.807, 2.05) is 0 Å². The van der Waals surface area contributed by atoms with E-state index in [1.165, 1.54) is 0 Å². The van der Waals surface area contributed by atoms with Gasteiger partial charge in [-0.05, 0) is 31.0 Å². The fraction of sp³-hybridized carbons (Fsp3) is 0.471. The Bertz CT molecular complexity index is 602. The number of carboxylic acid groups (broad SMARTS) is 1. The van der Waals surface area contributed by atoms with E-state index in [9.17, 15) is 14.4 Å². The summed E-state index contributed by atoms with van der Waals surface area (Å²) in [4.78, 5) is 34.3. The summed E-state index contributed by atoms with van der Waals surface area (Å²) in [6, 6.07) is 4.76. The van der Waals surface area contributed by atoms with Crippen molar-refractivity contribution in [2.24, 2.45) is 5.92 Å². The molecule has 0 bridgehead atoms. The summed E-state index contributed by atoms with van der Waals surface area (Å²) >= 11 is 6.05. The topological polar surface area (TPSA) is 95.5 Å². The number of anilines is 1. The Morgan fingerprint density at radius 2 is 1.88 bits per heavy atom. The number of unbranched alkanes of at least 4 members (excludes halogenated alkanes) is 2. The summed E-state index contributed by atoms with van der Waals surface area (Å²) in [5.74, 6) is -1.43. The molecule has 2 amide bonds. The summed E-state index contributed by atoms with van der Waals surface area (Å²) in [5.41, 5.74) is 0.813. The van der Waals surface area contributed by atoms with E-state index in [4.69, 9.17) is 16.7 Å². The van der Waals surface area contributed by atoms with Gasteiger partial charge in [-0.15, -0.1) is 0 Å². The molecular weight excluding hydrogens is 332 g/mol. The molecule has 0 unspecified atom stereocenters. The van der Waals surface area contributed by atoms with Crippen molar-refractivity contribution < 1.29 is 19.5 Å². The average molecular weight is 355 g/mol. The van der Waals surface area contributed by atoms with Crippen LogP contribution in [0.3, 0.4) is 0 Å². The van der Waals surface area contributed by atoms with Gasteiger partial charge >= 0.3 is 5.97 Å². The van der Waals surface area contributed by atoms with Crippen LogP contribution in [0.2, 0.25) is 5.02 Å². The van der Waals surface area contributed by atoms with E-state index in [0.717, 1.165) is 6.42 Å². The first-order valence-corrected chi connectivity index (χ1v) is 8.29. The maximum Gasteiger partial charge on any atom is 0.303 e. The van der Waals surface area contributed by atoms with E-state index in [2.05, 4.69) is 10.6 Å². The fourth-order valence-corrected chi connectivity index (χ4v) is 2.14. The second kappa shape index (κ2) is 9.93. The van der Waals surface area contributed by atoms with Gasteiger partial charge in [0.25, 0.3) is 5.91 Å². The minimum absolute atomic E-state index is 0.136. The van der Waals surface area contributed by atoms with E-state index < -0.39 is 5.97 Å². The van der Waals surface area contributed by atoms with Crippen LogP contribution in [0.25, 0.3) is 0 Å². The Labute approximate surface area is 146 Å².